The van der Waals surface area contributed by atoms with Gasteiger partial charge in [0.25, 0.3) is 0 Å². The van der Waals surface area contributed by atoms with Gasteiger partial charge >= 0.3 is 5.97 Å². The molecule has 2 rings (SSSR count). The molecule has 1 fully saturated rings. The van der Waals surface area contributed by atoms with E-state index in [1.807, 2.05) is 12.1 Å². The van der Waals surface area contributed by atoms with Gasteiger partial charge in [-0.3, -0.25) is 4.79 Å². The number of rotatable bonds is 2. The van der Waals surface area contributed by atoms with E-state index in [0.717, 1.165) is 12.0 Å². The smallest absolute Gasteiger partial charge is 0.306 e. The highest BCUT2D eigenvalue weighted by atomic mass is 16.5. The van der Waals surface area contributed by atoms with Crippen LogP contribution in [0, 0.1) is 5.92 Å². The molecule has 1 saturated heterocycles. The number of esters is 1. The predicted octanol–water partition coefficient (Wildman–Crippen LogP) is 0.957. The summed E-state index contributed by atoms with van der Waals surface area (Å²) in [6.45, 7) is 0.517. The molecule has 1 atom stereocenters. The molecule has 4 nitrogen and oxygen atoms in total. The van der Waals surface area contributed by atoms with Gasteiger partial charge in [-0.05, 0) is 24.1 Å². The van der Waals surface area contributed by atoms with Gasteiger partial charge in [-0.2, -0.15) is 0 Å². The third-order valence-electron chi connectivity index (χ3n) is 2.61. The minimum atomic E-state index is -0.108. The number of carbonyl (C=O) groups excluding carboxylic acids is 1. The molecular formula is C11H14N2O2. The van der Waals surface area contributed by atoms with Crippen LogP contribution in [0.2, 0.25) is 0 Å². The van der Waals surface area contributed by atoms with Crippen molar-refractivity contribution in [2.24, 2.45) is 5.92 Å². The van der Waals surface area contributed by atoms with E-state index in [0.29, 0.717) is 24.4 Å². The van der Waals surface area contributed by atoms with Gasteiger partial charge in [0, 0.05) is 5.92 Å². The fraction of sp³-hybridized carbons (Fsp3) is 0.364. The Balaban J connectivity index is 2.05. The van der Waals surface area contributed by atoms with Crippen molar-refractivity contribution in [1.29, 1.82) is 0 Å². The van der Waals surface area contributed by atoms with E-state index in [1.54, 1.807) is 6.07 Å². The van der Waals surface area contributed by atoms with Crippen molar-refractivity contribution >= 4 is 17.3 Å². The number of carbonyl (C=O) groups is 1. The summed E-state index contributed by atoms with van der Waals surface area (Å²) in [5.74, 6) is 0.170. The zero-order valence-electron chi connectivity index (χ0n) is 8.40. The van der Waals surface area contributed by atoms with Crippen molar-refractivity contribution in [2.75, 3.05) is 18.1 Å². The van der Waals surface area contributed by atoms with E-state index in [-0.39, 0.29) is 11.9 Å². The summed E-state index contributed by atoms with van der Waals surface area (Å²) in [6, 6.07) is 5.59. The molecule has 1 aromatic carbocycles. The third kappa shape index (κ3) is 2.21. The summed E-state index contributed by atoms with van der Waals surface area (Å²) < 4.78 is 4.90. The van der Waals surface area contributed by atoms with Gasteiger partial charge in [0.1, 0.15) is 0 Å². The molecule has 0 bridgehead atoms. The molecule has 4 N–H and O–H groups in total. The summed E-state index contributed by atoms with van der Waals surface area (Å²) in [5, 5.41) is 0. The van der Waals surface area contributed by atoms with Crippen molar-refractivity contribution < 1.29 is 9.53 Å². The van der Waals surface area contributed by atoms with Gasteiger partial charge in [-0.1, -0.05) is 6.07 Å². The van der Waals surface area contributed by atoms with Crippen LogP contribution in [0.5, 0.6) is 0 Å². The molecule has 4 heteroatoms. The second-order valence-corrected chi connectivity index (χ2v) is 3.92. The Labute approximate surface area is 88.2 Å². The van der Waals surface area contributed by atoms with E-state index in [1.165, 1.54) is 0 Å². The summed E-state index contributed by atoms with van der Waals surface area (Å²) in [4.78, 5) is 10.9. The third-order valence-corrected chi connectivity index (χ3v) is 2.61. The van der Waals surface area contributed by atoms with Gasteiger partial charge < -0.3 is 16.2 Å². The average molecular weight is 206 g/mol. The lowest BCUT2D eigenvalue weighted by molar-refractivity contribution is -0.137. The standard InChI is InChI=1S/C11H14N2O2/c12-9-2-1-7(4-10(9)13)3-8-5-11(14)15-6-8/h1-2,4,8H,3,5-6,12-13H2. The number of benzene rings is 1. The van der Waals surface area contributed by atoms with E-state index in [4.69, 9.17) is 16.2 Å². The zero-order chi connectivity index (χ0) is 10.8. The van der Waals surface area contributed by atoms with Crippen LogP contribution >= 0.6 is 0 Å². The molecule has 0 aliphatic carbocycles. The first kappa shape index (κ1) is 9.83. The Morgan fingerprint density at radius 2 is 2.13 bits per heavy atom. The highest BCUT2D eigenvalue weighted by Crippen LogP contribution is 2.22. The molecule has 0 amide bonds. The van der Waals surface area contributed by atoms with E-state index in [9.17, 15) is 4.79 Å². The van der Waals surface area contributed by atoms with Crippen LogP contribution in [0.25, 0.3) is 0 Å². The van der Waals surface area contributed by atoms with Crippen molar-refractivity contribution in [3.8, 4) is 0 Å². The molecule has 1 heterocycles. The Bertz CT molecular complexity index is 390. The van der Waals surface area contributed by atoms with Crippen LogP contribution in [-0.4, -0.2) is 12.6 Å². The largest absolute Gasteiger partial charge is 0.465 e. The molecule has 0 saturated carbocycles. The molecule has 0 radical (unpaired) electrons. The van der Waals surface area contributed by atoms with Crippen LogP contribution < -0.4 is 11.5 Å². The van der Waals surface area contributed by atoms with Gasteiger partial charge in [0.15, 0.2) is 0 Å². The number of hydrogen-bond donors (Lipinski definition) is 2. The maximum atomic E-state index is 10.9. The van der Waals surface area contributed by atoms with Crippen molar-refractivity contribution in [2.45, 2.75) is 12.8 Å². The monoisotopic (exact) mass is 206 g/mol. The second-order valence-electron chi connectivity index (χ2n) is 3.92. The normalized spacial score (nSPS) is 20.3. The highest BCUT2D eigenvalue weighted by Gasteiger charge is 2.23. The maximum Gasteiger partial charge on any atom is 0.306 e. The second kappa shape index (κ2) is 3.81. The van der Waals surface area contributed by atoms with Crippen LogP contribution in [-0.2, 0) is 16.0 Å². The number of anilines is 2. The summed E-state index contributed by atoms with van der Waals surface area (Å²) in [5.41, 5.74) is 13.6. The van der Waals surface area contributed by atoms with Gasteiger partial charge in [-0.15, -0.1) is 0 Å². The molecule has 80 valence electrons. The Hall–Kier alpha value is -1.71. The van der Waals surface area contributed by atoms with Crippen LogP contribution in [0.15, 0.2) is 18.2 Å². The zero-order valence-corrected chi connectivity index (χ0v) is 8.40. The predicted molar refractivity (Wildman–Crippen MR) is 58.0 cm³/mol. The van der Waals surface area contributed by atoms with Crippen LogP contribution in [0.1, 0.15) is 12.0 Å². The molecular weight excluding hydrogens is 192 g/mol. The van der Waals surface area contributed by atoms with Crippen LogP contribution in [0.3, 0.4) is 0 Å². The maximum absolute atomic E-state index is 10.9. The van der Waals surface area contributed by atoms with Crippen LogP contribution in [0.4, 0.5) is 11.4 Å². The van der Waals surface area contributed by atoms with Gasteiger partial charge in [0.2, 0.25) is 0 Å². The lowest BCUT2D eigenvalue weighted by atomic mass is 9.98. The fourth-order valence-electron chi connectivity index (χ4n) is 1.78. The lowest BCUT2D eigenvalue weighted by Crippen LogP contribution is -2.04. The Morgan fingerprint density at radius 3 is 2.73 bits per heavy atom. The Kier molecular flexibility index (Phi) is 2.49. The van der Waals surface area contributed by atoms with Crippen molar-refractivity contribution in [3.05, 3.63) is 23.8 Å². The van der Waals surface area contributed by atoms with E-state index < -0.39 is 0 Å². The first-order valence-electron chi connectivity index (χ1n) is 4.94. The summed E-state index contributed by atoms with van der Waals surface area (Å²) in [7, 11) is 0. The van der Waals surface area contributed by atoms with Crippen molar-refractivity contribution in [1.82, 2.24) is 0 Å². The molecule has 1 aromatic rings. The van der Waals surface area contributed by atoms with Gasteiger partial charge in [-0.25, -0.2) is 0 Å². The Morgan fingerprint density at radius 1 is 1.33 bits per heavy atom. The first-order chi connectivity index (χ1) is 7.15. The summed E-state index contributed by atoms with van der Waals surface area (Å²) >= 11 is 0. The SMILES string of the molecule is Nc1ccc(CC2COC(=O)C2)cc1N. The molecule has 0 aromatic heterocycles. The number of hydrogen-bond acceptors (Lipinski definition) is 4. The first-order valence-corrected chi connectivity index (χ1v) is 4.94. The minimum Gasteiger partial charge on any atom is -0.465 e. The fourth-order valence-corrected chi connectivity index (χ4v) is 1.78. The number of ether oxygens (including phenoxy) is 1. The average Bonchev–Trinajstić information content (AvgIpc) is 2.58. The molecule has 1 unspecified atom stereocenters. The molecule has 0 spiro atoms. The molecule has 1 aliphatic heterocycles. The topological polar surface area (TPSA) is 78.3 Å². The highest BCUT2D eigenvalue weighted by molar-refractivity contribution is 5.71. The minimum absolute atomic E-state index is 0.108. The van der Waals surface area contributed by atoms with Gasteiger partial charge in [0.05, 0.1) is 24.4 Å². The number of nitrogens with two attached hydrogens (primary N) is 2. The van der Waals surface area contributed by atoms with E-state index >= 15 is 0 Å². The number of nitrogen functional groups attached to an aromatic ring is 2. The molecule has 1 aliphatic rings. The lowest BCUT2D eigenvalue weighted by Gasteiger charge is -2.08. The number of cyclic esters (lactones) is 1. The summed E-state index contributed by atoms with van der Waals surface area (Å²) in [6.07, 6.45) is 1.32. The molecule has 15 heavy (non-hydrogen) atoms. The van der Waals surface area contributed by atoms with E-state index in [2.05, 4.69) is 0 Å². The van der Waals surface area contributed by atoms with Crippen molar-refractivity contribution in [3.63, 3.8) is 0 Å². The quantitative estimate of drug-likeness (QED) is 0.558.